The third kappa shape index (κ3) is 3.63. The van der Waals surface area contributed by atoms with E-state index < -0.39 is 10.0 Å². The summed E-state index contributed by atoms with van der Waals surface area (Å²) in [5.41, 5.74) is 0. The Morgan fingerprint density at radius 2 is 2.28 bits per heavy atom. The third-order valence-electron chi connectivity index (χ3n) is 2.26. The summed E-state index contributed by atoms with van der Waals surface area (Å²) in [6.45, 7) is 4.24. The van der Waals surface area contributed by atoms with Gasteiger partial charge >= 0.3 is 0 Å². The van der Waals surface area contributed by atoms with Crippen molar-refractivity contribution in [2.24, 2.45) is 0 Å². The Morgan fingerprint density at radius 1 is 1.56 bits per heavy atom. The first kappa shape index (κ1) is 15.3. The minimum atomic E-state index is -3.53. The average molecular weight is 290 g/mol. The van der Waals surface area contributed by atoms with Crippen LogP contribution < -0.4 is 5.32 Å². The van der Waals surface area contributed by atoms with E-state index in [9.17, 15) is 8.42 Å². The summed E-state index contributed by atoms with van der Waals surface area (Å²) in [7, 11) is -1.72. The van der Waals surface area contributed by atoms with Crippen molar-refractivity contribution in [2.45, 2.75) is 10.8 Å². The van der Waals surface area contributed by atoms with E-state index in [2.05, 4.69) is 11.9 Å². The molecule has 1 aromatic rings. The number of nitrogens with zero attached hydrogens (tertiary/aromatic N) is 1. The zero-order chi connectivity index (χ0) is 13.6. The first-order chi connectivity index (χ1) is 8.56. The molecule has 18 heavy (non-hydrogen) atoms. The van der Waals surface area contributed by atoms with Crippen molar-refractivity contribution >= 4 is 21.4 Å². The molecule has 0 saturated carbocycles. The van der Waals surface area contributed by atoms with Gasteiger partial charge in [-0.2, -0.15) is 4.31 Å². The smallest absolute Gasteiger partial charge is 0.252 e. The van der Waals surface area contributed by atoms with Crippen LogP contribution in [0.3, 0.4) is 0 Å². The summed E-state index contributed by atoms with van der Waals surface area (Å²) in [5, 5.41) is 11.9. The molecule has 0 saturated heterocycles. The molecule has 0 spiro atoms. The van der Waals surface area contributed by atoms with Gasteiger partial charge in [-0.25, -0.2) is 8.42 Å². The highest BCUT2D eigenvalue weighted by molar-refractivity contribution is 7.91. The third-order valence-corrected chi connectivity index (χ3v) is 5.68. The molecule has 0 aliphatic carbocycles. The van der Waals surface area contributed by atoms with Crippen molar-refractivity contribution in [2.75, 3.05) is 26.7 Å². The lowest BCUT2D eigenvalue weighted by Gasteiger charge is -2.18. The second-order valence-electron chi connectivity index (χ2n) is 3.63. The zero-order valence-corrected chi connectivity index (χ0v) is 11.9. The van der Waals surface area contributed by atoms with Crippen LogP contribution in [0, 0.1) is 0 Å². The van der Waals surface area contributed by atoms with Crippen LogP contribution in [-0.2, 0) is 16.6 Å². The Hall–Kier alpha value is -0.730. The summed E-state index contributed by atoms with van der Waals surface area (Å²) in [6.07, 6.45) is 1.51. The van der Waals surface area contributed by atoms with Gasteiger partial charge in [0.05, 0.1) is 6.61 Å². The standard InChI is InChI=1S/C11H18N2O3S2/c1-3-6-13(7-8-14)18(15,16)11-5-4-10(17-11)9-12-2/h3-5,12,14H,1,6-9H2,2H3. The fourth-order valence-corrected chi connectivity index (χ4v) is 4.38. The number of hydrogen-bond acceptors (Lipinski definition) is 5. The predicted octanol–water partition coefficient (Wildman–Crippen LogP) is 0.636. The molecular formula is C11H18N2O3S2. The number of sulfonamides is 1. The zero-order valence-electron chi connectivity index (χ0n) is 10.3. The van der Waals surface area contributed by atoms with Gasteiger partial charge in [0.2, 0.25) is 0 Å². The maximum Gasteiger partial charge on any atom is 0.252 e. The van der Waals surface area contributed by atoms with Crippen molar-refractivity contribution in [3.05, 3.63) is 29.7 Å². The minimum absolute atomic E-state index is 0.0770. The van der Waals surface area contributed by atoms with E-state index in [1.807, 2.05) is 7.05 Å². The maximum atomic E-state index is 12.3. The van der Waals surface area contributed by atoms with Crippen molar-refractivity contribution in [3.8, 4) is 0 Å². The van der Waals surface area contributed by atoms with Crippen LogP contribution in [0.15, 0.2) is 29.0 Å². The van der Waals surface area contributed by atoms with Gasteiger partial charge in [-0.3, -0.25) is 0 Å². The van der Waals surface area contributed by atoms with Gasteiger partial charge in [-0.15, -0.1) is 17.9 Å². The van der Waals surface area contributed by atoms with E-state index >= 15 is 0 Å². The second-order valence-corrected chi connectivity index (χ2v) is 6.96. The van der Waals surface area contributed by atoms with E-state index in [4.69, 9.17) is 5.11 Å². The SMILES string of the molecule is C=CCN(CCO)S(=O)(=O)c1ccc(CNC)s1. The van der Waals surface area contributed by atoms with Gasteiger partial charge in [0.1, 0.15) is 4.21 Å². The quantitative estimate of drug-likeness (QED) is 0.689. The monoisotopic (exact) mass is 290 g/mol. The molecule has 0 fully saturated rings. The number of rotatable bonds is 8. The normalized spacial score (nSPS) is 11.9. The molecule has 1 rings (SSSR count). The molecule has 0 atom stereocenters. The first-order valence-electron chi connectivity index (χ1n) is 5.51. The van der Waals surface area contributed by atoms with Crippen LogP contribution in [0.2, 0.25) is 0 Å². The minimum Gasteiger partial charge on any atom is -0.395 e. The van der Waals surface area contributed by atoms with Crippen molar-refractivity contribution in [3.63, 3.8) is 0 Å². The fourth-order valence-electron chi connectivity index (χ4n) is 1.46. The fraction of sp³-hybridized carbons (Fsp3) is 0.455. The Morgan fingerprint density at radius 3 is 2.83 bits per heavy atom. The van der Waals surface area contributed by atoms with Gasteiger partial charge in [0.15, 0.2) is 0 Å². The Balaban J connectivity index is 2.97. The molecule has 2 N–H and O–H groups in total. The highest BCUT2D eigenvalue weighted by Crippen LogP contribution is 2.24. The molecule has 7 heteroatoms. The summed E-state index contributed by atoms with van der Waals surface area (Å²) in [6, 6.07) is 3.39. The van der Waals surface area contributed by atoms with Crippen LogP contribution in [0.5, 0.6) is 0 Å². The topological polar surface area (TPSA) is 69.6 Å². The van der Waals surface area contributed by atoms with E-state index in [1.165, 1.54) is 21.7 Å². The van der Waals surface area contributed by atoms with Crippen molar-refractivity contribution in [1.29, 1.82) is 0 Å². The van der Waals surface area contributed by atoms with Gasteiger partial charge in [0.25, 0.3) is 10.0 Å². The summed E-state index contributed by atoms with van der Waals surface area (Å²) in [4.78, 5) is 0.957. The van der Waals surface area contributed by atoms with Crippen molar-refractivity contribution < 1.29 is 13.5 Å². The lowest BCUT2D eigenvalue weighted by atomic mass is 10.5. The van der Waals surface area contributed by atoms with E-state index in [1.54, 1.807) is 12.1 Å². The van der Waals surface area contributed by atoms with Crippen LogP contribution in [-0.4, -0.2) is 44.6 Å². The molecule has 102 valence electrons. The van der Waals surface area contributed by atoms with Crippen LogP contribution >= 0.6 is 11.3 Å². The highest BCUT2D eigenvalue weighted by atomic mass is 32.2. The molecule has 0 amide bonds. The van der Waals surface area contributed by atoms with Crippen LogP contribution in [0.4, 0.5) is 0 Å². The molecule has 0 aromatic carbocycles. The molecular weight excluding hydrogens is 272 g/mol. The Labute approximate surface area is 112 Å². The summed E-state index contributed by atoms with van der Waals surface area (Å²) in [5.74, 6) is 0. The molecule has 0 bridgehead atoms. The van der Waals surface area contributed by atoms with Gasteiger partial charge < -0.3 is 10.4 Å². The van der Waals surface area contributed by atoms with Gasteiger partial charge in [-0.1, -0.05) is 6.08 Å². The number of aliphatic hydroxyl groups is 1. The van der Waals surface area contributed by atoms with Crippen molar-refractivity contribution in [1.82, 2.24) is 9.62 Å². The molecule has 1 aromatic heterocycles. The predicted molar refractivity (Wildman–Crippen MR) is 73.1 cm³/mol. The lowest BCUT2D eigenvalue weighted by Crippen LogP contribution is -2.33. The lowest BCUT2D eigenvalue weighted by molar-refractivity contribution is 0.260. The van der Waals surface area contributed by atoms with Gasteiger partial charge in [0, 0.05) is 24.5 Å². The van der Waals surface area contributed by atoms with E-state index in [0.29, 0.717) is 10.8 Å². The summed E-state index contributed by atoms with van der Waals surface area (Å²) < 4.78 is 26.1. The number of thiophene rings is 1. The van der Waals surface area contributed by atoms with Crippen LogP contribution in [0.25, 0.3) is 0 Å². The van der Waals surface area contributed by atoms with Gasteiger partial charge in [-0.05, 0) is 19.2 Å². The Kier molecular flexibility index (Phi) is 5.97. The van der Waals surface area contributed by atoms with Crippen LogP contribution in [0.1, 0.15) is 4.88 Å². The number of hydrogen-bond donors (Lipinski definition) is 2. The Bertz CT molecular complexity index is 482. The molecule has 0 unspecified atom stereocenters. The number of nitrogens with one attached hydrogen (secondary N) is 1. The average Bonchev–Trinajstić information content (AvgIpc) is 2.78. The largest absolute Gasteiger partial charge is 0.395 e. The van der Waals surface area contributed by atoms with E-state index in [0.717, 1.165) is 4.88 Å². The molecule has 1 heterocycles. The van der Waals surface area contributed by atoms with E-state index in [-0.39, 0.29) is 19.7 Å². The molecule has 0 radical (unpaired) electrons. The highest BCUT2D eigenvalue weighted by Gasteiger charge is 2.24. The molecule has 5 nitrogen and oxygen atoms in total. The molecule has 0 aliphatic rings. The number of aliphatic hydroxyl groups excluding tert-OH is 1. The summed E-state index contributed by atoms with van der Waals surface area (Å²) >= 11 is 1.24. The maximum absolute atomic E-state index is 12.3. The second kappa shape index (κ2) is 7.01. The molecule has 0 aliphatic heterocycles. The first-order valence-corrected chi connectivity index (χ1v) is 7.77.